The molecule has 0 radical (unpaired) electrons. The molecule has 3 heteroatoms. The minimum absolute atomic E-state index is 0.938. The first-order chi connectivity index (χ1) is 8.40. The summed E-state index contributed by atoms with van der Waals surface area (Å²) in [4.78, 5) is 4.21. The Kier molecular flexibility index (Phi) is 4.80. The molecule has 0 aromatic carbocycles. The molecule has 1 N–H and O–H groups in total. The smallest absolute Gasteiger partial charge is 0.0948 e. The van der Waals surface area contributed by atoms with Gasteiger partial charge in [-0.25, -0.2) is 4.98 Å². The van der Waals surface area contributed by atoms with Crippen LogP contribution in [0, 0.1) is 0 Å². The molecule has 94 valence electrons. The molecule has 0 spiro atoms. The second-order valence-corrected chi connectivity index (χ2v) is 4.76. The van der Waals surface area contributed by atoms with Crippen LogP contribution in [0.2, 0.25) is 0 Å². The minimum atomic E-state index is 0.938. The van der Waals surface area contributed by atoms with Gasteiger partial charge in [0.1, 0.15) is 0 Å². The summed E-state index contributed by atoms with van der Waals surface area (Å²) in [5, 5.41) is 3.51. The van der Waals surface area contributed by atoms with Gasteiger partial charge in [0.2, 0.25) is 0 Å². The van der Waals surface area contributed by atoms with Crippen molar-refractivity contribution in [2.24, 2.45) is 0 Å². The van der Waals surface area contributed by atoms with Gasteiger partial charge in [0.05, 0.1) is 12.0 Å². The number of nitrogens with zero attached hydrogens (tertiary/aromatic N) is 2. The van der Waals surface area contributed by atoms with Crippen LogP contribution >= 0.6 is 0 Å². The Balaban J connectivity index is 1.68. The normalized spacial score (nSPS) is 15.2. The molecular formula is C14H23N3. The molecule has 1 aromatic heterocycles. The van der Waals surface area contributed by atoms with Gasteiger partial charge in [-0.2, -0.15) is 0 Å². The van der Waals surface area contributed by atoms with Crippen molar-refractivity contribution in [1.82, 2.24) is 14.9 Å². The SMILES string of the molecule is CCCn1cncc1CNCCC1=CCCC1. The van der Waals surface area contributed by atoms with Gasteiger partial charge in [0.25, 0.3) is 0 Å². The molecule has 0 amide bonds. The van der Waals surface area contributed by atoms with E-state index < -0.39 is 0 Å². The third-order valence-electron chi connectivity index (χ3n) is 3.33. The highest BCUT2D eigenvalue weighted by atomic mass is 15.1. The molecule has 1 aliphatic carbocycles. The Labute approximate surface area is 104 Å². The van der Waals surface area contributed by atoms with Crippen LogP contribution in [0.3, 0.4) is 0 Å². The van der Waals surface area contributed by atoms with E-state index in [1.54, 1.807) is 5.57 Å². The number of allylic oxidation sites excluding steroid dienone is 1. The first-order valence-corrected chi connectivity index (χ1v) is 6.77. The summed E-state index contributed by atoms with van der Waals surface area (Å²) in [6.07, 6.45) is 12.6. The number of hydrogen-bond acceptors (Lipinski definition) is 2. The van der Waals surface area contributed by atoms with Gasteiger partial charge in [-0.15, -0.1) is 0 Å². The number of rotatable bonds is 7. The van der Waals surface area contributed by atoms with Gasteiger partial charge in [0, 0.05) is 19.3 Å². The predicted molar refractivity (Wildman–Crippen MR) is 70.8 cm³/mol. The Bertz CT molecular complexity index is 365. The van der Waals surface area contributed by atoms with Gasteiger partial charge in [-0.3, -0.25) is 0 Å². The quantitative estimate of drug-likeness (QED) is 0.579. The van der Waals surface area contributed by atoms with Crippen LogP contribution in [0.4, 0.5) is 0 Å². The maximum absolute atomic E-state index is 4.21. The van der Waals surface area contributed by atoms with Crippen molar-refractivity contribution in [2.75, 3.05) is 6.54 Å². The average molecular weight is 233 g/mol. The summed E-state index contributed by atoms with van der Waals surface area (Å²) >= 11 is 0. The molecular weight excluding hydrogens is 210 g/mol. The molecule has 0 fully saturated rings. The summed E-state index contributed by atoms with van der Waals surface area (Å²) in [6, 6.07) is 0. The van der Waals surface area contributed by atoms with Crippen molar-refractivity contribution in [2.45, 2.75) is 52.1 Å². The maximum Gasteiger partial charge on any atom is 0.0948 e. The summed E-state index contributed by atoms with van der Waals surface area (Å²) in [7, 11) is 0. The van der Waals surface area contributed by atoms with Crippen LogP contribution in [-0.4, -0.2) is 16.1 Å². The van der Waals surface area contributed by atoms with Crippen LogP contribution in [0.25, 0.3) is 0 Å². The van der Waals surface area contributed by atoms with Crippen LogP contribution < -0.4 is 5.32 Å². The van der Waals surface area contributed by atoms with Crippen molar-refractivity contribution in [1.29, 1.82) is 0 Å². The van der Waals surface area contributed by atoms with E-state index in [9.17, 15) is 0 Å². The second-order valence-electron chi connectivity index (χ2n) is 4.76. The molecule has 0 saturated heterocycles. The summed E-state index contributed by atoms with van der Waals surface area (Å²) in [6.45, 7) is 5.29. The summed E-state index contributed by atoms with van der Waals surface area (Å²) in [5.74, 6) is 0. The average Bonchev–Trinajstić information content (AvgIpc) is 2.96. The minimum Gasteiger partial charge on any atom is -0.333 e. The predicted octanol–water partition coefficient (Wildman–Crippen LogP) is 2.88. The van der Waals surface area contributed by atoms with Gasteiger partial charge >= 0.3 is 0 Å². The Morgan fingerprint density at radius 2 is 2.41 bits per heavy atom. The van der Waals surface area contributed by atoms with E-state index in [1.807, 2.05) is 12.5 Å². The molecule has 0 saturated carbocycles. The maximum atomic E-state index is 4.21. The lowest BCUT2D eigenvalue weighted by atomic mass is 10.2. The second kappa shape index (κ2) is 6.60. The van der Waals surface area contributed by atoms with E-state index in [0.717, 1.165) is 26.1 Å². The fraction of sp³-hybridized carbons (Fsp3) is 0.643. The molecule has 0 aliphatic heterocycles. The van der Waals surface area contributed by atoms with Crippen molar-refractivity contribution in [3.05, 3.63) is 29.9 Å². The van der Waals surface area contributed by atoms with Gasteiger partial charge in [0.15, 0.2) is 0 Å². The molecule has 1 heterocycles. The third kappa shape index (κ3) is 3.70. The Morgan fingerprint density at radius 1 is 1.47 bits per heavy atom. The zero-order valence-electron chi connectivity index (χ0n) is 10.8. The number of aryl methyl sites for hydroxylation is 1. The number of nitrogens with one attached hydrogen (secondary N) is 1. The number of imidazole rings is 1. The Hall–Kier alpha value is -1.09. The van der Waals surface area contributed by atoms with Gasteiger partial charge < -0.3 is 9.88 Å². The van der Waals surface area contributed by atoms with E-state index in [2.05, 4.69) is 27.9 Å². The van der Waals surface area contributed by atoms with E-state index in [-0.39, 0.29) is 0 Å². The van der Waals surface area contributed by atoms with Crippen LogP contribution in [0.5, 0.6) is 0 Å². The van der Waals surface area contributed by atoms with E-state index in [0.29, 0.717) is 0 Å². The molecule has 1 aromatic rings. The molecule has 1 aliphatic rings. The molecule has 3 nitrogen and oxygen atoms in total. The fourth-order valence-electron chi connectivity index (χ4n) is 2.37. The zero-order chi connectivity index (χ0) is 11.9. The van der Waals surface area contributed by atoms with E-state index in [1.165, 1.54) is 31.4 Å². The molecule has 0 atom stereocenters. The summed E-state index contributed by atoms with van der Waals surface area (Å²) in [5.41, 5.74) is 2.94. The lowest BCUT2D eigenvalue weighted by Gasteiger charge is -2.08. The Morgan fingerprint density at radius 3 is 3.18 bits per heavy atom. The highest BCUT2D eigenvalue weighted by Crippen LogP contribution is 2.19. The van der Waals surface area contributed by atoms with Gasteiger partial charge in [-0.05, 0) is 38.6 Å². The van der Waals surface area contributed by atoms with Crippen LogP contribution in [0.15, 0.2) is 24.2 Å². The molecule has 17 heavy (non-hydrogen) atoms. The van der Waals surface area contributed by atoms with Crippen molar-refractivity contribution < 1.29 is 0 Å². The molecule has 0 bridgehead atoms. The van der Waals surface area contributed by atoms with Crippen molar-refractivity contribution >= 4 is 0 Å². The van der Waals surface area contributed by atoms with Crippen LogP contribution in [-0.2, 0) is 13.1 Å². The number of hydrogen-bond donors (Lipinski definition) is 1. The van der Waals surface area contributed by atoms with Crippen molar-refractivity contribution in [3.8, 4) is 0 Å². The highest BCUT2D eigenvalue weighted by molar-refractivity contribution is 5.07. The summed E-state index contributed by atoms with van der Waals surface area (Å²) < 4.78 is 2.24. The molecule has 2 rings (SSSR count). The van der Waals surface area contributed by atoms with E-state index in [4.69, 9.17) is 0 Å². The first-order valence-electron chi connectivity index (χ1n) is 6.77. The number of aromatic nitrogens is 2. The van der Waals surface area contributed by atoms with Crippen molar-refractivity contribution in [3.63, 3.8) is 0 Å². The lowest BCUT2D eigenvalue weighted by molar-refractivity contribution is 0.599. The largest absolute Gasteiger partial charge is 0.333 e. The fourth-order valence-corrected chi connectivity index (χ4v) is 2.37. The third-order valence-corrected chi connectivity index (χ3v) is 3.33. The topological polar surface area (TPSA) is 29.9 Å². The zero-order valence-corrected chi connectivity index (χ0v) is 10.8. The first kappa shape index (κ1) is 12.4. The van der Waals surface area contributed by atoms with Crippen LogP contribution in [0.1, 0.15) is 44.7 Å². The standard InChI is InChI=1S/C14H23N3/c1-2-9-17-12-16-11-14(17)10-15-8-7-13-5-3-4-6-13/h5,11-12,15H,2-4,6-10H2,1H3. The highest BCUT2D eigenvalue weighted by Gasteiger charge is 2.04. The lowest BCUT2D eigenvalue weighted by Crippen LogP contribution is -2.17. The van der Waals surface area contributed by atoms with Gasteiger partial charge in [-0.1, -0.05) is 18.6 Å². The molecule has 0 unspecified atom stereocenters. The monoisotopic (exact) mass is 233 g/mol. The van der Waals surface area contributed by atoms with E-state index >= 15 is 0 Å².